The summed E-state index contributed by atoms with van der Waals surface area (Å²) in [7, 11) is 0. The topological polar surface area (TPSA) is 64.4 Å². The summed E-state index contributed by atoms with van der Waals surface area (Å²) in [5, 5.41) is 6.11. The number of aromatic nitrogens is 1. The molecule has 1 aliphatic rings. The first-order chi connectivity index (χ1) is 6.36. The first-order valence-corrected chi connectivity index (χ1v) is 4.18. The molecule has 2 heterocycles. The lowest BCUT2D eigenvalue weighted by atomic mass is 10.2. The van der Waals surface area contributed by atoms with Crippen molar-refractivity contribution in [1.29, 1.82) is 0 Å². The third-order valence-corrected chi connectivity index (χ3v) is 1.92. The third-order valence-electron chi connectivity index (χ3n) is 1.92. The number of anilines is 1. The number of carbonyl (C=O) groups is 1. The molecule has 0 spiro atoms. The second-order valence-corrected chi connectivity index (χ2v) is 2.90. The van der Waals surface area contributed by atoms with Crippen LogP contribution in [0.1, 0.15) is 12.8 Å². The van der Waals surface area contributed by atoms with E-state index in [2.05, 4.69) is 15.0 Å². The van der Waals surface area contributed by atoms with Crippen LogP contribution in [0.2, 0.25) is 0 Å². The van der Waals surface area contributed by atoms with E-state index in [-0.39, 0.29) is 12.0 Å². The Bertz CT molecular complexity index is 278. The Morgan fingerprint density at radius 3 is 3.23 bits per heavy atom. The zero-order valence-electron chi connectivity index (χ0n) is 7.03. The van der Waals surface area contributed by atoms with Crippen molar-refractivity contribution >= 4 is 11.6 Å². The van der Waals surface area contributed by atoms with Crippen molar-refractivity contribution in [3.8, 4) is 0 Å². The maximum atomic E-state index is 11.4. The normalized spacial score (nSPS) is 21.7. The molecule has 1 aromatic rings. The van der Waals surface area contributed by atoms with Crippen LogP contribution >= 0.6 is 0 Å². The van der Waals surface area contributed by atoms with Crippen molar-refractivity contribution in [3.63, 3.8) is 0 Å². The van der Waals surface area contributed by atoms with Crippen LogP contribution < -0.4 is 5.32 Å². The summed E-state index contributed by atoms with van der Waals surface area (Å²) < 4.78 is 9.77. The number of hydrogen-bond donors (Lipinski definition) is 1. The van der Waals surface area contributed by atoms with Gasteiger partial charge in [-0.3, -0.25) is 4.79 Å². The minimum atomic E-state index is -0.310. The van der Waals surface area contributed by atoms with E-state index in [1.54, 1.807) is 0 Å². The number of rotatable bonds is 2. The van der Waals surface area contributed by atoms with Gasteiger partial charge >= 0.3 is 0 Å². The molecule has 0 saturated carbocycles. The number of nitrogens with one attached hydrogen (secondary N) is 1. The fraction of sp³-hybridized carbons (Fsp3) is 0.500. The summed E-state index contributed by atoms with van der Waals surface area (Å²) >= 11 is 0. The summed E-state index contributed by atoms with van der Waals surface area (Å²) in [5.74, 6) is -0.124. The molecule has 13 heavy (non-hydrogen) atoms. The lowest BCUT2D eigenvalue weighted by molar-refractivity contribution is -0.124. The minimum absolute atomic E-state index is 0.124. The van der Waals surface area contributed by atoms with Crippen molar-refractivity contribution < 1.29 is 14.1 Å². The number of ether oxygens (including phenoxy) is 1. The quantitative estimate of drug-likeness (QED) is 0.734. The molecular formula is C8H10N2O3. The summed E-state index contributed by atoms with van der Waals surface area (Å²) in [6, 6.07) is 0. The molecule has 1 saturated heterocycles. The molecule has 0 unspecified atom stereocenters. The average Bonchev–Trinajstić information content (AvgIpc) is 2.74. The summed E-state index contributed by atoms with van der Waals surface area (Å²) in [5.41, 5.74) is 0.570. The Morgan fingerprint density at radius 2 is 2.62 bits per heavy atom. The standard InChI is InChI=1S/C8H10N2O3/c11-8(7-2-1-3-12-7)10-6-4-9-13-5-6/h4-5,7H,1-3H2,(H,10,11)/t7-/m1/s1. The predicted molar refractivity (Wildman–Crippen MR) is 44.1 cm³/mol. The van der Waals surface area contributed by atoms with Gasteiger partial charge in [-0.15, -0.1) is 0 Å². The molecular weight excluding hydrogens is 172 g/mol. The highest BCUT2D eigenvalue weighted by molar-refractivity contribution is 5.93. The van der Waals surface area contributed by atoms with Gasteiger partial charge in [-0.25, -0.2) is 0 Å². The fourth-order valence-electron chi connectivity index (χ4n) is 1.27. The SMILES string of the molecule is O=C(Nc1cnoc1)[C@H]1CCCO1. The van der Waals surface area contributed by atoms with E-state index in [9.17, 15) is 4.79 Å². The fourth-order valence-corrected chi connectivity index (χ4v) is 1.27. The molecule has 1 aromatic heterocycles. The largest absolute Gasteiger partial charge is 0.368 e. The second-order valence-electron chi connectivity index (χ2n) is 2.90. The Morgan fingerprint density at radius 1 is 1.69 bits per heavy atom. The summed E-state index contributed by atoms with van der Waals surface area (Å²) in [6.45, 7) is 0.668. The number of hydrogen-bond acceptors (Lipinski definition) is 4. The molecule has 1 fully saturated rings. The zero-order chi connectivity index (χ0) is 9.10. The van der Waals surface area contributed by atoms with Gasteiger partial charge in [0.05, 0.1) is 6.20 Å². The number of carbonyl (C=O) groups excluding carboxylic acids is 1. The first-order valence-electron chi connectivity index (χ1n) is 4.18. The van der Waals surface area contributed by atoms with Gasteiger partial charge in [-0.1, -0.05) is 5.16 Å². The molecule has 2 rings (SSSR count). The van der Waals surface area contributed by atoms with Crippen molar-refractivity contribution in [3.05, 3.63) is 12.5 Å². The maximum absolute atomic E-state index is 11.4. The lowest BCUT2D eigenvalue weighted by Gasteiger charge is -2.07. The van der Waals surface area contributed by atoms with E-state index in [1.807, 2.05) is 0 Å². The van der Waals surface area contributed by atoms with Gasteiger partial charge in [0, 0.05) is 6.61 Å². The van der Waals surface area contributed by atoms with Crippen LogP contribution in [-0.2, 0) is 9.53 Å². The Labute approximate surface area is 75.0 Å². The van der Waals surface area contributed by atoms with E-state index < -0.39 is 0 Å². The Hall–Kier alpha value is -1.36. The summed E-state index contributed by atoms with van der Waals surface area (Å²) in [6.07, 6.45) is 4.26. The zero-order valence-corrected chi connectivity index (χ0v) is 7.03. The van der Waals surface area contributed by atoms with E-state index in [4.69, 9.17) is 4.74 Å². The van der Waals surface area contributed by atoms with Gasteiger partial charge in [0.2, 0.25) is 0 Å². The van der Waals surface area contributed by atoms with Gasteiger partial charge in [0.1, 0.15) is 18.1 Å². The lowest BCUT2D eigenvalue weighted by Crippen LogP contribution is -2.26. The van der Waals surface area contributed by atoms with Crippen molar-refractivity contribution in [2.75, 3.05) is 11.9 Å². The van der Waals surface area contributed by atoms with E-state index in [0.29, 0.717) is 12.3 Å². The van der Waals surface area contributed by atoms with Gasteiger partial charge in [-0.05, 0) is 12.8 Å². The minimum Gasteiger partial charge on any atom is -0.368 e. The van der Waals surface area contributed by atoms with Gasteiger partial charge in [0.15, 0.2) is 0 Å². The Kier molecular flexibility index (Phi) is 2.27. The van der Waals surface area contributed by atoms with E-state index >= 15 is 0 Å². The molecule has 1 amide bonds. The molecule has 70 valence electrons. The number of amides is 1. The monoisotopic (exact) mass is 182 g/mol. The smallest absolute Gasteiger partial charge is 0.253 e. The first kappa shape index (κ1) is 8.25. The van der Waals surface area contributed by atoms with Crippen LogP contribution in [0.4, 0.5) is 5.69 Å². The molecule has 5 heteroatoms. The third kappa shape index (κ3) is 1.86. The highest BCUT2D eigenvalue weighted by Gasteiger charge is 2.23. The molecule has 0 bridgehead atoms. The molecule has 1 atom stereocenters. The second kappa shape index (κ2) is 3.57. The van der Waals surface area contributed by atoms with Crippen LogP contribution in [0.25, 0.3) is 0 Å². The Balaban J connectivity index is 1.91. The molecule has 0 aliphatic carbocycles. The van der Waals surface area contributed by atoms with Gasteiger partial charge in [-0.2, -0.15) is 0 Å². The highest BCUT2D eigenvalue weighted by Crippen LogP contribution is 2.14. The molecule has 1 N–H and O–H groups in total. The molecule has 0 aromatic carbocycles. The van der Waals surface area contributed by atoms with Crippen LogP contribution in [0.3, 0.4) is 0 Å². The van der Waals surface area contributed by atoms with Crippen LogP contribution in [0.5, 0.6) is 0 Å². The van der Waals surface area contributed by atoms with Crippen molar-refractivity contribution in [2.24, 2.45) is 0 Å². The van der Waals surface area contributed by atoms with E-state index in [1.165, 1.54) is 12.5 Å². The summed E-state index contributed by atoms with van der Waals surface area (Å²) in [4.78, 5) is 11.4. The molecule has 5 nitrogen and oxygen atoms in total. The number of nitrogens with zero attached hydrogens (tertiary/aromatic N) is 1. The maximum Gasteiger partial charge on any atom is 0.253 e. The van der Waals surface area contributed by atoms with Gasteiger partial charge in [0.25, 0.3) is 5.91 Å². The predicted octanol–water partition coefficient (Wildman–Crippen LogP) is 0.792. The van der Waals surface area contributed by atoms with Crippen LogP contribution in [0, 0.1) is 0 Å². The highest BCUT2D eigenvalue weighted by atomic mass is 16.5. The van der Waals surface area contributed by atoms with Crippen LogP contribution in [0.15, 0.2) is 17.0 Å². The van der Waals surface area contributed by atoms with E-state index in [0.717, 1.165) is 12.8 Å². The molecule has 1 aliphatic heterocycles. The molecule has 0 radical (unpaired) electrons. The van der Waals surface area contributed by atoms with Gasteiger partial charge < -0.3 is 14.6 Å². The average molecular weight is 182 g/mol. The van der Waals surface area contributed by atoms with Crippen molar-refractivity contribution in [1.82, 2.24) is 5.16 Å². The van der Waals surface area contributed by atoms with Crippen LogP contribution in [-0.4, -0.2) is 23.8 Å². The van der Waals surface area contributed by atoms with Crippen molar-refractivity contribution in [2.45, 2.75) is 18.9 Å².